The highest BCUT2D eigenvalue weighted by Crippen LogP contribution is 2.31. The van der Waals surface area contributed by atoms with E-state index >= 15 is 0 Å². The standard InChI is InChI=1S/C13H20ClNO/c1-9(2)11(8-15-3)10-5-6-13(16-4)12(14)7-10/h5-7,9,11,15H,8H2,1-4H3. The summed E-state index contributed by atoms with van der Waals surface area (Å²) in [6.07, 6.45) is 0. The summed E-state index contributed by atoms with van der Waals surface area (Å²) in [5.41, 5.74) is 1.26. The van der Waals surface area contributed by atoms with E-state index in [4.69, 9.17) is 16.3 Å². The fourth-order valence-electron chi connectivity index (χ4n) is 1.87. The van der Waals surface area contributed by atoms with Gasteiger partial charge in [0, 0.05) is 6.54 Å². The Kier molecular flexibility index (Phi) is 5.10. The van der Waals surface area contributed by atoms with Crippen LogP contribution in [0.2, 0.25) is 5.02 Å². The van der Waals surface area contributed by atoms with Gasteiger partial charge in [0.2, 0.25) is 0 Å². The third-order valence-corrected chi connectivity index (χ3v) is 3.13. The van der Waals surface area contributed by atoms with Gasteiger partial charge in [-0.25, -0.2) is 0 Å². The van der Waals surface area contributed by atoms with Gasteiger partial charge in [-0.2, -0.15) is 0 Å². The van der Waals surface area contributed by atoms with Crippen molar-refractivity contribution in [1.29, 1.82) is 0 Å². The van der Waals surface area contributed by atoms with E-state index in [9.17, 15) is 0 Å². The SMILES string of the molecule is CNCC(c1ccc(OC)c(Cl)c1)C(C)C. The summed E-state index contributed by atoms with van der Waals surface area (Å²) < 4.78 is 5.15. The van der Waals surface area contributed by atoms with Gasteiger partial charge in [0.25, 0.3) is 0 Å². The van der Waals surface area contributed by atoms with Gasteiger partial charge >= 0.3 is 0 Å². The summed E-state index contributed by atoms with van der Waals surface area (Å²) >= 11 is 6.13. The number of likely N-dealkylation sites (N-methyl/N-ethyl adjacent to an activating group) is 1. The first-order chi connectivity index (χ1) is 7.60. The molecule has 1 aromatic rings. The molecule has 0 bridgehead atoms. The minimum absolute atomic E-state index is 0.480. The first kappa shape index (κ1) is 13.3. The van der Waals surface area contributed by atoms with E-state index in [2.05, 4.69) is 25.2 Å². The van der Waals surface area contributed by atoms with Crippen molar-refractivity contribution in [2.75, 3.05) is 20.7 Å². The highest BCUT2D eigenvalue weighted by Gasteiger charge is 2.16. The van der Waals surface area contributed by atoms with Crippen LogP contribution in [-0.2, 0) is 0 Å². The number of rotatable bonds is 5. The van der Waals surface area contributed by atoms with Crippen LogP contribution in [0.5, 0.6) is 5.75 Å². The molecule has 0 aliphatic heterocycles. The summed E-state index contributed by atoms with van der Waals surface area (Å²) in [6, 6.07) is 6.03. The van der Waals surface area contributed by atoms with Crippen LogP contribution in [-0.4, -0.2) is 20.7 Å². The molecule has 1 aromatic carbocycles. The van der Waals surface area contributed by atoms with Gasteiger partial charge in [0.15, 0.2) is 0 Å². The minimum Gasteiger partial charge on any atom is -0.495 e. The van der Waals surface area contributed by atoms with E-state index in [0.29, 0.717) is 16.9 Å². The van der Waals surface area contributed by atoms with Crippen LogP contribution in [0.15, 0.2) is 18.2 Å². The summed E-state index contributed by atoms with van der Waals surface area (Å²) in [5.74, 6) is 1.79. The molecule has 0 spiro atoms. The first-order valence-electron chi connectivity index (χ1n) is 5.58. The summed E-state index contributed by atoms with van der Waals surface area (Å²) in [7, 11) is 3.61. The second-order valence-corrected chi connectivity index (χ2v) is 4.71. The Morgan fingerprint density at radius 3 is 2.50 bits per heavy atom. The van der Waals surface area contributed by atoms with Gasteiger partial charge in [-0.3, -0.25) is 0 Å². The zero-order valence-corrected chi connectivity index (χ0v) is 11.1. The van der Waals surface area contributed by atoms with Crippen molar-refractivity contribution >= 4 is 11.6 Å². The predicted octanol–water partition coefficient (Wildman–Crippen LogP) is 3.31. The maximum atomic E-state index is 6.13. The van der Waals surface area contributed by atoms with Crippen molar-refractivity contribution in [3.05, 3.63) is 28.8 Å². The lowest BCUT2D eigenvalue weighted by Crippen LogP contribution is -2.21. The molecule has 0 saturated carbocycles. The second kappa shape index (κ2) is 6.12. The molecule has 0 fully saturated rings. The lowest BCUT2D eigenvalue weighted by atomic mass is 9.88. The van der Waals surface area contributed by atoms with Crippen LogP contribution in [0.25, 0.3) is 0 Å². The number of hydrogen-bond donors (Lipinski definition) is 1. The monoisotopic (exact) mass is 241 g/mol. The molecule has 0 amide bonds. The largest absolute Gasteiger partial charge is 0.495 e. The van der Waals surface area contributed by atoms with Crippen molar-refractivity contribution < 1.29 is 4.74 Å². The topological polar surface area (TPSA) is 21.3 Å². The lowest BCUT2D eigenvalue weighted by Gasteiger charge is -2.21. The van der Waals surface area contributed by atoms with Crippen molar-refractivity contribution in [1.82, 2.24) is 5.32 Å². The molecular weight excluding hydrogens is 222 g/mol. The van der Waals surface area contributed by atoms with Crippen LogP contribution in [0, 0.1) is 5.92 Å². The molecular formula is C13H20ClNO. The van der Waals surface area contributed by atoms with E-state index in [1.165, 1.54) is 5.56 Å². The summed E-state index contributed by atoms with van der Waals surface area (Å²) in [6.45, 7) is 5.40. The van der Waals surface area contributed by atoms with Crippen molar-refractivity contribution in [3.8, 4) is 5.75 Å². The average Bonchev–Trinajstić information content (AvgIpc) is 2.25. The molecule has 0 radical (unpaired) electrons. The zero-order chi connectivity index (χ0) is 12.1. The Morgan fingerprint density at radius 2 is 2.06 bits per heavy atom. The Bertz CT molecular complexity index is 339. The number of nitrogens with one attached hydrogen (secondary N) is 1. The Hall–Kier alpha value is -0.730. The number of methoxy groups -OCH3 is 1. The average molecular weight is 242 g/mol. The number of hydrogen-bond acceptors (Lipinski definition) is 2. The third kappa shape index (κ3) is 3.13. The summed E-state index contributed by atoms with van der Waals surface area (Å²) in [5, 5.41) is 3.90. The van der Waals surface area contributed by atoms with Crippen molar-refractivity contribution in [2.45, 2.75) is 19.8 Å². The molecule has 0 saturated heterocycles. The minimum atomic E-state index is 0.480. The van der Waals surface area contributed by atoms with Gasteiger partial charge in [0.1, 0.15) is 5.75 Å². The molecule has 0 aliphatic rings. The first-order valence-corrected chi connectivity index (χ1v) is 5.96. The molecule has 2 nitrogen and oxygen atoms in total. The number of ether oxygens (including phenoxy) is 1. The molecule has 1 atom stereocenters. The molecule has 1 rings (SSSR count). The molecule has 0 heterocycles. The van der Waals surface area contributed by atoms with Crippen LogP contribution in [0.4, 0.5) is 0 Å². The molecule has 1 unspecified atom stereocenters. The van der Waals surface area contributed by atoms with Crippen LogP contribution < -0.4 is 10.1 Å². The van der Waals surface area contributed by atoms with Gasteiger partial charge < -0.3 is 10.1 Å². The third-order valence-electron chi connectivity index (χ3n) is 2.83. The van der Waals surface area contributed by atoms with E-state index < -0.39 is 0 Å². The number of halogens is 1. The highest BCUT2D eigenvalue weighted by molar-refractivity contribution is 6.32. The van der Waals surface area contributed by atoms with Crippen LogP contribution in [0.3, 0.4) is 0 Å². The molecule has 90 valence electrons. The predicted molar refractivity (Wildman–Crippen MR) is 69.5 cm³/mol. The van der Waals surface area contributed by atoms with Crippen LogP contribution >= 0.6 is 11.6 Å². The van der Waals surface area contributed by atoms with Crippen molar-refractivity contribution in [2.24, 2.45) is 5.92 Å². The quantitative estimate of drug-likeness (QED) is 0.854. The fraction of sp³-hybridized carbons (Fsp3) is 0.538. The smallest absolute Gasteiger partial charge is 0.137 e. The molecule has 16 heavy (non-hydrogen) atoms. The van der Waals surface area contributed by atoms with Gasteiger partial charge in [-0.05, 0) is 36.6 Å². The summed E-state index contributed by atoms with van der Waals surface area (Å²) in [4.78, 5) is 0. The maximum absolute atomic E-state index is 6.13. The number of benzene rings is 1. The molecule has 0 aliphatic carbocycles. The van der Waals surface area contributed by atoms with Crippen LogP contribution in [0.1, 0.15) is 25.3 Å². The Morgan fingerprint density at radius 1 is 1.38 bits per heavy atom. The Balaban J connectivity index is 2.97. The van der Waals surface area contributed by atoms with Crippen molar-refractivity contribution in [3.63, 3.8) is 0 Å². The molecule has 3 heteroatoms. The fourth-order valence-corrected chi connectivity index (χ4v) is 2.14. The van der Waals surface area contributed by atoms with Gasteiger partial charge in [-0.15, -0.1) is 0 Å². The van der Waals surface area contributed by atoms with Gasteiger partial charge in [0.05, 0.1) is 12.1 Å². The normalized spacial score (nSPS) is 12.9. The Labute approximate surface area is 103 Å². The van der Waals surface area contributed by atoms with E-state index in [1.54, 1.807) is 7.11 Å². The zero-order valence-electron chi connectivity index (χ0n) is 10.4. The lowest BCUT2D eigenvalue weighted by molar-refractivity contribution is 0.414. The molecule has 0 aromatic heterocycles. The maximum Gasteiger partial charge on any atom is 0.137 e. The highest BCUT2D eigenvalue weighted by atomic mass is 35.5. The van der Waals surface area contributed by atoms with E-state index in [-0.39, 0.29) is 0 Å². The molecule has 1 N–H and O–H groups in total. The van der Waals surface area contributed by atoms with E-state index in [0.717, 1.165) is 12.3 Å². The van der Waals surface area contributed by atoms with Gasteiger partial charge in [-0.1, -0.05) is 31.5 Å². The van der Waals surface area contributed by atoms with E-state index in [1.807, 2.05) is 19.2 Å². The second-order valence-electron chi connectivity index (χ2n) is 4.30.